The van der Waals surface area contributed by atoms with Gasteiger partial charge in [-0.2, -0.15) is 9.47 Å². The zero-order chi connectivity index (χ0) is 15.5. The second-order valence-corrected chi connectivity index (χ2v) is 6.08. The highest BCUT2D eigenvalue weighted by atomic mass is 32.1. The third-order valence-electron chi connectivity index (χ3n) is 3.88. The Morgan fingerprint density at radius 2 is 2.41 bits per heavy atom. The lowest BCUT2D eigenvalue weighted by Crippen LogP contribution is -2.37. The standard InChI is InChI=1S/C14H20N6OS/c1-3-12-16-14(22-18-12)19-7-4-5-10(9-19)20-8-6-11(17-20)13(21)15-2/h6,8,10H,3-5,7,9H2,1-2H3,(H,15,21)/t10-/m0/s1. The summed E-state index contributed by atoms with van der Waals surface area (Å²) in [6, 6.07) is 2.03. The van der Waals surface area contributed by atoms with Crippen molar-refractivity contribution in [1.82, 2.24) is 24.5 Å². The highest BCUT2D eigenvalue weighted by Crippen LogP contribution is 2.27. The van der Waals surface area contributed by atoms with Gasteiger partial charge in [-0.25, -0.2) is 4.98 Å². The van der Waals surface area contributed by atoms with E-state index in [1.807, 2.05) is 10.9 Å². The summed E-state index contributed by atoms with van der Waals surface area (Å²) in [4.78, 5) is 18.5. The molecule has 0 aromatic carbocycles. The number of rotatable bonds is 4. The number of carbonyl (C=O) groups is 1. The van der Waals surface area contributed by atoms with Crippen LogP contribution in [0.4, 0.5) is 5.13 Å². The second-order valence-electron chi connectivity index (χ2n) is 5.35. The van der Waals surface area contributed by atoms with Crippen LogP contribution < -0.4 is 10.2 Å². The monoisotopic (exact) mass is 320 g/mol. The van der Waals surface area contributed by atoms with Gasteiger partial charge in [0.05, 0.1) is 6.04 Å². The largest absolute Gasteiger partial charge is 0.354 e. The normalized spacial score (nSPS) is 18.5. The fourth-order valence-electron chi connectivity index (χ4n) is 2.65. The zero-order valence-corrected chi connectivity index (χ0v) is 13.6. The number of aromatic nitrogens is 4. The maximum Gasteiger partial charge on any atom is 0.271 e. The summed E-state index contributed by atoms with van der Waals surface area (Å²) in [5.74, 6) is 0.756. The molecule has 3 heterocycles. The van der Waals surface area contributed by atoms with Crippen molar-refractivity contribution in [3.8, 4) is 0 Å². The molecule has 118 valence electrons. The first-order chi connectivity index (χ1) is 10.7. The Kier molecular flexibility index (Phi) is 4.37. The minimum atomic E-state index is -0.150. The fourth-order valence-corrected chi connectivity index (χ4v) is 3.44. The maximum absolute atomic E-state index is 11.6. The molecule has 2 aromatic heterocycles. The van der Waals surface area contributed by atoms with Crippen LogP contribution in [0, 0.1) is 0 Å². The van der Waals surface area contributed by atoms with Crippen LogP contribution in [0.3, 0.4) is 0 Å². The second kappa shape index (κ2) is 6.43. The summed E-state index contributed by atoms with van der Waals surface area (Å²) in [7, 11) is 1.62. The molecule has 1 N–H and O–H groups in total. The number of aryl methyl sites for hydroxylation is 1. The number of amides is 1. The van der Waals surface area contributed by atoms with Crippen molar-refractivity contribution < 1.29 is 4.79 Å². The summed E-state index contributed by atoms with van der Waals surface area (Å²) in [5.41, 5.74) is 0.462. The number of hydrogen-bond acceptors (Lipinski definition) is 6. The van der Waals surface area contributed by atoms with Gasteiger partial charge in [-0.1, -0.05) is 6.92 Å². The van der Waals surface area contributed by atoms with Crippen molar-refractivity contribution in [2.75, 3.05) is 25.0 Å². The molecule has 3 rings (SSSR count). The van der Waals surface area contributed by atoms with Crippen molar-refractivity contribution in [1.29, 1.82) is 0 Å². The summed E-state index contributed by atoms with van der Waals surface area (Å²) < 4.78 is 6.26. The molecule has 2 aromatic rings. The molecule has 1 amide bonds. The van der Waals surface area contributed by atoms with E-state index < -0.39 is 0 Å². The van der Waals surface area contributed by atoms with Crippen molar-refractivity contribution in [3.63, 3.8) is 0 Å². The average molecular weight is 320 g/mol. The van der Waals surface area contributed by atoms with Crippen LogP contribution in [0.5, 0.6) is 0 Å². The first-order valence-corrected chi connectivity index (χ1v) is 8.33. The number of carbonyl (C=O) groups excluding carboxylic acids is 1. The van der Waals surface area contributed by atoms with Gasteiger partial charge >= 0.3 is 0 Å². The van der Waals surface area contributed by atoms with E-state index >= 15 is 0 Å². The molecule has 0 spiro atoms. The van der Waals surface area contributed by atoms with Gasteiger partial charge in [-0.3, -0.25) is 9.48 Å². The van der Waals surface area contributed by atoms with Crippen molar-refractivity contribution in [3.05, 3.63) is 23.8 Å². The number of piperidine rings is 1. The Labute approximate surface area is 133 Å². The van der Waals surface area contributed by atoms with Gasteiger partial charge in [0.15, 0.2) is 0 Å². The molecule has 22 heavy (non-hydrogen) atoms. The topological polar surface area (TPSA) is 75.9 Å². The summed E-state index contributed by atoms with van der Waals surface area (Å²) in [5, 5.41) is 7.99. The third-order valence-corrected chi connectivity index (χ3v) is 4.70. The van der Waals surface area contributed by atoms with Gasteiger partial charge in [0, 0.05) is 44.3 Å². The number of nitrogens with zero attached hydrogens (tertiary/aromatic N) is 5. The molecule has 1 aliphatic heterocycles. The molecule has 0 aliphatic carbocycles. The lowest BCUT2D eigenvalue weighted by atomic mass is 10.1. The third kappa shape index (κ3) is 2.96. The van der Waals surface area contributed by atoms with E-state index in [0.717, 1.165) is 43.3 Å². The number of anilines is 1. The van der Waals surface area contributed by atoms with E-state index in [4.69, 9.17) is 0 Å². The van der Waals surface area contributed by atoms with Crippen molar-refractivity contribution in [2.45, 2.75) is 32.2 Å². The highest BCUT2D eigenvalue weighted by Gasteiger charge is 2.24. The quantitative estimate of drug-likeness (QED) is 0.924. The van der Waals surface area contributed by atoms with Crippen LogP contribution in [-0.2, 0) is 6.42 Å². The summed E-state index contributed by atoms with van der Waals surface area (Å²) in [6.07, 6.45) is 4.89. The van der Waals surface area contributed by atoms with Crippen LogP contribution in [0.15, 0.2) is 12.3 Å². The first-order valence-electron chi connectivity index (χ1n) is 7.56. The molecular formula is C14H20N6OS. The van der Waals surface area contributed by atoms with E-state index in [9.17, 15) is 4.79 Å². The van der Waals surface area contributed by atoms with E-state index in [1.165, 1.54) is 11.5 Å². The first kappa shape index (κ1) is 15.0. The van der Waals surface area contributed by atoms with Crippen LogP contribution >= 0.6 is 11.5 Å². The van der Waals surface area contributed by atoms with Crippen LogP contribution in [-0.4, -0.2) is 45.2 Å². The van der Waals surface area contributed by atoms with Gasteiger partial charge in [0.25, 0.3) is 5.91 Å². The molecule has 0 bridgehead atoms. The van der Waals surface area contributed by atoms with Crippen molar-refractivity contribution >= 4 is 22.6 Å². The molecule has 1 atom stereocenters. The van der Waals surface area contributed by atoms with Crippen LogP contribution in [0.2, 0.25) is 0 Å². The van der Waals surface area contributed by atoms with Gasteiger partial charge in [0.1, 0.15) is 11.5 Å². The molecule has 7 nitrogen and oxygen atoms in total. The smallest absolute Gasteiger partial charge is 0.271 e. The van der Waals surface area contributed by atoms with Crippen LogP contribution in [0.1, 0.15) is 42.1 Å². The predicted octanol–water partition coefficient (Wildman–Crippen LogP) is 1.50. The molecule has 0 saturated carbocycles. The molecule has 0 unspecified atom stereocenters. The Bertz CT molecular complexity index is 651. The Hall–Kier alpha value is -1.96. The molecular weight excluding hydrogens is 300 g/mol. The van der Waals surface area contributed by atoms with Gasteiger partial charge in [-0.05, 0) is 18.9 Å². The van der Waals surface area contributed by atoms with E-state index in [-0.39, 0.29) is 11.9 Å². The zero-order valence-electron chi connectivity index (χ0n) is 12.8. The van der Waals surface area contributed by atoms with E-state index in [1.54, 1.807) is 13.1 Å². The Morgan fingerprint density at radius 3 is 3.14 bits per heavy atom. The summed E-state index contributed by atoms with van der Waals surface area (Å²) in [6.45, 7) is 3.92. The fraction of sp³-hybridized carbons (Fsp3) is 0.571. The van der Waals surface area contributed by atoms with Gasteiger partial charge in [0.2, 0.25) is 5.13 Å². The predicted molar refractivity (Wildman–Crippen MR) is 85.4 cm³/mol. The van der Waals surface area contributed by atoms with E-state index in [2.05, 4.69) is 31.6 Å². The molecule has 1 aliphatic rings. The van der Waals surface area contributed by atoms with Gasteiger partial charge in [-0.15, -0.1) is 0 Å². The summed E-state index contributed by atoms with van der Waals surface area (Å²) >= 11 is 1.46. The Balaban J connectivity index is 1.72. The lowest BCUT2D eigenvalue weighted by Gasteiger charge is -2.32. The van der Waals surface area contributed by atoms with Crippen LogP contribution in [0.25, 0.3) is 0 Å². The maximum atomic E-state index is 11.6. The minimum Gasteiger partial charge on any atom is -0.354 e. The highest BCUT2D eigenvalue weighted by molar-refractivity contribution is 7.09. The van der Waals surface area contributed by atoms with E-state index in [0.29, 0.717) is 5.69 Å². The molecule has 0 radical (unpaired) electrons. The number of nitrogens with one attached hydrogen (secondary N) is 1. The number of hydrogen-bond donors (Lipinski definition) is 1. The average Bonchev–Trinajstić information content (AvgIpc) is 3.23. The Morgan fingerprint density at radius 1 is 1.55 bits per heavy atom. The van der Waals surface area contributed by atoms with Gasteiger partial charge < -0.3 is 10.2 Å². The molecule has 8 heteroatoms. The lowest BCUT2D eigenvalue weighted by molar-refractivity contribution is 0.0957. The SMILES string of the molecule is CCc1nsc(N2CCC[C@H](n3ccc(C(=O)NC)n3)C2)n1. The van der Waals surface area contributed by atoms with Crippen molar-refractivity contribution in [2.24, 2.45) is 0 Å². The minimum absolute atomic E-state index is 0.150. The molecule has 1 fully saturated rings. The molecule has 1 saturated heterocycles.